The van der Waals surface area contributed by atoms with Crippen LogP contribution in [0.1, 0.15) is 12.0 Å². The third-order valence-electron chi connectivity index (χ3n) is 4.96. The number of hydrogen-bond donors (Lipinski definition) is 2. The summed E-state index contributed by atoms with van der Waals surface area (Å²) < 4.78 is 30.1. The van der Waals surface area contributed by atoms with Crippen LogP contribution < -0.4 is 11.1 Å². The molecule has 1 saturated carbocycles. The summed E-state index contributed by atoms with van der Waals surface area (Å²) in [7, 11) is 0. The molecule has 1 aliphatic rings. The highest BCUT2D eigenvalue weighted by atomic mass is 19.1. The van der Waals surface area contributed by atoms with Crippen LogP contribution >= 0.6 is 0 Å². The van der Waals surface area contributed by atoms with Crippen LogP contribution in [0.15, 0.2) is 30.7 Å². The van der Waals surface area contributed by atoms with Gasteiger partial charge in [0.1, 0.15) is 11.6 Å². The third kappa shape index (κ3) is 2.81. The van der Waals surface area contributed by atoms with Gasteiger partial charge in [-0.3, -0.25) is 9.78 Å². The molecule has 28 heavy (non-hydrogen) atoms. The number of carbonyl (C=O) groups is 1. The molecular formula is C20H15F2N5O. The van der Waals surface area contributed by atoms with E-state index in [1.807, 2.05) is 6.07 Å². The molecule has 0 spiro atoms. The van der Waals surface area contributed by atoms with Crippen LogP contribution in [0.4, 0.5) is 20.3 Å². The number of anilines is 2. The summed E-state index contributed by atoms with van der Waals surface area (Å²) >= 11 is 0. The Bertz CT molecular complexity index is 1170. The summed E-state index contributed by atoms with van der Waals surface area (Å²) in [6.45, 7) is 1.72. The number of benzene rings is 1. The van der Waals surface area contributed by atoms with Gasteiger partial charge >= 0.3 is 0 Å². The van der Waals surface area contributed by atoms with Crippen LogP contribution in [0.5, 0.6) is 0 Å². The summed E-state index contributed by atoms with van der Waals surface area (Å²) in [5.74, 6) is -2.62. The van der Waals surface area contributed by atoms with E-state index < -0.39 is 11.6 Å². The smallest absolute Gasteiger partial charge is 0.230 e. The average Bonchev–Trinajstić information content (AvgIpc) is 3.48. The van der Waals surface area contributed by atoms with E-state index in [0.29, 0.717) is 17.5 Å². The topological polar surface area (TPSA) is 105 Å². The monoisotopic (exact) mass is 379 g/mol. The number of nitrogens with two attached hydrogens (primary N) is 1. The van der Waals surface area contributed by atoms with Gasteiger partial charge in [-0.15, -0.1) is 0 Å². The van der Waals surface area contributed by atoms with Crippen molar-refractivity contribution in [1.29, 1.82) is 5.26 Å². The molecule has 1 aliphatic carbocycles. The first-order valence-corrected chi connectivity index (χ1v) is 8.60. The second-order valence-corrected chi connectivity index (χ2v) is 6.79. The number of amides is 1. The lowest BCUT2D eigenvalue weighted by molar-refractivity contribution is -0.117. The molecule has 4 rings (SSSR count). The summed E-state index contributed by atoms with van der Waals surface area (Å²) in [4.78, 5) is 20.1. The van der Waals surface area contributed by atoms with E-state index in [2.05, 4.69) is 15.3 Å². The van der Waals surface area contributed by atoms with Crippen molar-refractivity contribution in [1.82, 2.24) is 9.97 Å². The van der Waals surface area contributed by atoms with Crippen LogP contribution in [0.2, 0.25) is 0 Å². The quantitative estimate of drug-likeness (QED) is 0.677. The summed E-state index contributed by atoms with van der Waals surface area (Å²) in [6, 6.07) is 5.00. The Hall–Kier alpha value is -3.60. The third-order valence-corrected chi connectivity index (χ3v) is 4.96. The van der Waals surface area contributed by atoms with Crippen molar-refractivity contribution in [2.75, 3.05) is 11.1 Å². The van der Waals surface area contributed by atoms with E-state index in [-0.39, 0.29) is 45.6 Å². The van der Waals surface area contributed by atoms with E-state index in [1.54, 1.807) is 13.0 Å². The number of nitrogens with one attached hydrogen (secondary N) is 1. The highest BCUT2D eigenvalue weighted by molar-refractivity contribution is 6.01. The molecular weight excluding hydrogens is 364 g/mol. The Labute approximate surface area is 159 Å². The van der Waals surface area contributed by atoms with Crippen molar-refractivity contribution in [2.24, 2.45) is 11.8 Å². The largest absolute Gasteiger partial charge is 0.396 e. The summed E-state index contributed by atoms with van der Waals surface area (Å²) in [6.07, 6.45) is 4.62. The number of rotatable bonds is 3. The predicted molar refractivity (Wildman–Crippen MR) is 99.9 cm³/mol. The van der Waals surface area contributed by atoms with Crippen molar-refractivity contribution in [3.8, 4) is 17.2 Å². The standard InChI is InChI=1S/C20H15F2N5O/c1-9-2-3-25-7-13(9)16-17(21)12-5-15(26-8-14(12)19(24)18(16)22)27-20(28)11-4-10(11)6-23/h2-3,5,7-8,10-11H,4,24H2,1H3,(H,26,27,28)/t10-,11+/m1/s1. The first-order valence-electron chi connectivity index (χ1n) is 8.60. The van der Waals surface area contributed by atoms with Crippen molar-refractivity contribution in [3.05, 3.63) is 47.9 Å². The van der Waals surface area contributed by atoms with Gasteiger partial charge in [0.05, 0.1) is 29.2 Å². The zero-order valence-electron chi connectivity index (χ0n) is 14.8. The van der Waals surface area contributed by atoms with E-state index >= 15 is 4.39 Å². The molecule has 140 valence electrons. The van der Waals surface area contributed by atoms with Crippen LogP contribution in [0.25, 0.3) is 21.9 Å². The summed E-state index contributed by atoms with van der Waals surface area (Å²) in [5.41, 5.74) is 6.33. The normalized spacial score (nSPS) is 17.9. The number of halogens is 2. The van der Waals surface area contributed by atoms with Gasteiger partial charge in [0.15, 0.2) is 5.82 Å². The van der Waals surface area contributed by atoms with Gasteiger partial charge in [0.2, 0.25) is 5.91 Å². The molecule has 2 atom stereocenters. The first-order chi connectivity index (χ1) is 13.4. The lowest BCUT2D eigenvalue weighted by atomic mass is 9.97. The number of hydrogen-bond acceptors (Lipinski definition) is 5. The second-order valence-electron chi connectivity index (χ2n) is 6.79. The van der Waals surface area contributed by atoms with Gasteiger partial charge < -0.3 is 11.1 Å². The molecule has 8 heteroatoms. The molecule has 6 nitrogen and oxygen atoms in total. The number of pyridine rings is 2. The van der Waals surface area contributed by atoms with Crippen LogP contribution in [-0.4, -0.2) is 15.9 Å². The Morgan fingerprint density at radius 3 is 2.79 bits per heavy atom. The van der Waals surface area contributed by atoms with Gasteiger partial charge in [-0.25, -0.2) is 13.8 Å². The molecule has 0 saturated heterocycles. The maximum Gasteiger partial charge on any atom is 0.230 e. The number of nitrogens with zero attached hydrogens (tertiary/aromatic N) is 3. The van der Waals surface area contributed by atoms with Gasteiger partial charge in [0, 0.05) is 34.9 Å². The zero-order valence-corrected chi connectivity index (χ0v) is 14.8. The molecule has 1 amide bonds. The molecule has 3 aromatic rings. The number of carbonyl (C=O) groups excluding carboxylic acids is 1. The Morgan fingerprint density at radius 1 is 1.32 bits per heavy atom. The maximum absolute atomic E-state index is 15.3. The Balaban J connectivity index is 1.81. The molecule has 3 N–H and O–H groups in total. The number of aromatic nitrogens is 2. The van der Waals surface area contributed by atoms with E-state index in [0.717, 1.165) is 0 Å². The minimum atomic E-state index is -0.880. The Morgan fingerprint density at radius 2 is 2.11 bits per heavy atom. The fraction of sp³-hybridized carbons (Fsp3) is 0.200. The van der Waals surface area contributed by atoms with Gasteiger partial charge in [0.25, 0.3) is 0 Å². The van der Waals surface area contributed by atoms with Crippen molar-refractivity contribution in [2.45, 2.75) is 13.3 Å². The molecule has 0 unspecified atom stereocenters. The number of aryl methyl sites for hydroxylation is 1. The number of nitrogen functional groups attached to an aromatic ring is 1. The number of nitriles is 1. The predicted octanol–water partition coefficient (Wildman–Crippen LogP) is 3.56. The average molecular weight is 379 g/mol. The fourth-order valence-electron chi connectivity index (χ4n) is 3.21. The van der Waals surface area contributed by atoms with Gasteiger partial charge in [-0.1, -0.05) is 0 Å². The molecule has 1 aromatic carbocycles. The number of fused-ring (bicyclic) bond motifs is 1. The van der Waals surface area contributed by atoms with E-state index in [9.17, 15) is 9.18 Å². The highest BCUT2D eigenvalue weighted by Crippen LogP contribution is 2.40. The van der Waals surface area contributed by atoms with Gasteiger partial charge in [-0.05, 0) is 31.0 Å². The maximum atomic E-state index is 15.3. The van der Waals surface area contributed by atoms with E-state index in [4.69, 9.17) is 11.0 Å². The fourth-order valence-corrected chi connectivity index (χ4v) is 3.21. The zero-order chi connectivity index (χ0) is 20.0. The lowest BCUT2D eigenvalue weighted by Crippen LogP contribution is -2.15. The molecule has 0 bridgehead atoms. The minimum absolute atomic E-state index is 0.0371. The van der Waals surface area contributed by atoms with Gasteiger partial charge in [-0.2, -0.15) is 5.26 Å². The SMILES string of the molecule is Cc1ccncc1-c1c(F)c(N)c2cnc(NC(=O)[C@H]3C[C@@H]3C#N)cc2c1F. The van der Waals surface area contributed by atoms with Crippen LogP contribution in [0.3, 0.4) is 0 Å². The van der Waals surface area contributed by atoms with Crippen molar-refractivity contribution < 1.29 is 13.6 Å². The van der Waals surface area contributed by atoms with Crippen molar-refractivity contribution in [3.63, 3.8) is 0 Å². The van der Waals surface area contributed by atoms with Crippen molar-refractivity contribution >= 4 is 28.2 Å². The molecule has 2 aromatic heterocycles. The van der Waals surface area contributed by atoms with Crippen LogP contribution in [-0.2, 0) is 4.79 Å². The lowest BCUT2D eigenvalue weighted by Gasteiger charge is -2.14. The Kier molecular flexibility index (Phi) is 4.15. The molecule has 0 aliphatic heterocycles. The summed E-state index contributed by atoms with van der Waals surface area (Å²) in [5, 5.41) is 11.6. The molecule has 2 heterocycles. The van der Waals surface area contributed by atoms with Crippen LogP contribution in [0, 0.1) is 41.7 Å². The highest BCUT2D eigenvalue weighted by Gasteiger charge is 2.43. The first kappa shape index (κ1) is 17.8. The molecule has 1 fully saturated rings. The van der Waals surface area contributed by atoms with E-state index in [1.165, 1.54) is 24.7 Å². The second kappa shape index (κ2) is 6.53. The minimum Gasteiger partial charge on any atom is -0.396 e. The molecule has 0 radical (unpaired) electrons.